The smallest absolute Gasteiger partial charge is 0.287 e. The first-order chi connectivity index (χ1) is 17.8. The molecule has 3 aromatic rings. The fourth-order valence-corrected chi connectivity index (χ4v) is 5.66. The first-order valence-electron chi connectivity index (χ1n) is 12.2. The summed E-state index contributed by atoms with van der Waals surface area (Å²) in [5.74, 6) is -0.615. The lowest BCUT2D eigenvalue weighted by molar-refractivity contribution is -0.129. The molecular formula is C25H27N5O5S2. The number of rotatable bonds is 9. The Hall–Kier alpha value is -3.43. The second-order valence-electron chi connectivity index (χ2n) is 9.63. The van der Waals surface area contributed by atoms with Gasteiger partial charge in [-0.1, -0.05) is 31.4 Å². The second kappa shape index (κ2) is 10.1. The fourth-order valence-electron chi connectivity index (χ4n) is 4.61. The second-order valence-corrected chi connectivity index (χ2v) is 11.6. The molecule has 37 heavy (non-hydrogen) atoms. The van der Waals surface area contributed by atoms with Crippen LogP contribution >= 0.6 is 11.3 Å². The number of furan rings is 1. The number of hydrogen-bond donors (Lipinski definition) is 4. The van der Waals surface area contributed by atoms with Gasteiger partial charge < -0.3 is 20.4 Å². The van der Waals surface area contributed by atoms with Crippen molar-refractivity contribution in [2.75, 3.05) is 17.6 Å². The van der Waals surface area contributed by atoms with Crippen molar-refractivity contribution >= 4 is 50.0 Å². The Bertz CT molecular complexity index is 1450. The van der Waals surface area contributed by atoms with Gasteiger partial charge in [-0.15, -0.1) is 11.3 Å². The molecule has 0 radical (unpaired) electrons. The number of amides is 2. The van der Waals surface area contributed by atoms with Gasteiger partial charge in [-0.2, -0.15) is 5.26 Å². The summed E-state index contributed by atoms with van der Waals surface area (Å²) < 4.78 is 27.4. The summed E-state index contributed by atoms with van der Waals surface area (Å²) in [6.07, 6.45) is 4.91. The van der Waals surface area contributed by atoms with Crippen LogP contribution in [-0.4, -0.2) is 48.6 Å². The largest absolute Gasteiger partial charge is 0.451 e. The van der Waals surface area contributed by atoms with Crippen LogP contribution in [0.5, 0.6) is 0 Å². The number of nitrogens with one attached hydrogen (secondary N) is 3. The van der Waals surface area contributed by atoms with Crippen molar-refractivity contribution in [3.05, 3.63) is 35.4 Å². The molecule has 0 bridgehead atoms. The number of carbonyl (C=O) groups is 2. The monoisotopic (exact) mass is 541 g/mol. The lowest BCUT2D eigenvalue weighted by atomic mass is 9.80. The molecule has 5 rings (SSSR count). The molecule has 2 amide bonds. The number of thiazole rings is 1. The highest BCUT2D eigenvalue weighted by Crippen LogP contribution is 2.37. The van der Waals surface area contributed by atoms with E-state index in [0.29, 0.717) is 48.6 Å². The predicted octanol–water partition coefficient (Wildman–Crippen LogP) is 3.18. The average molecular weight is 542 g/mol. The number of aromatic nitrogens is 1. The summed E-state index contributed by atoms with van der Waals surface area (Å²) >= 11 is 1.37. The third-order valence-electron chi connectivity index (χ3n) is 6.93. The SMILES string of the molecule is N#CC1(NC(=O)C2(NC(=O)c3cc4ccc(-c5csc(NCC[SH](=O)=O)n5)cc4o3)CCCCC2)CC1. The molecule has 0 aliphatic heterocycles. The van der Waals surface area contributed by atoms with Crippen LogP contribution in [0.4, 0.5) is 5.13 Å². The number of nitrogens with zero attached hydrogens (tertiary/aromatic N) is 2. The maximum atomic E-state index is 13.2. The molecule has 2 aliphatic carbocycles. The van der Waals surface area contributed by atoms with E-state index in [1.54, 1.807) is 12.1 Å². The van der Waals surface area contributed by atoms with Crippen molar-refractivity contribution in [2.24, 2.45) is 0 Å². The molecule has 12 heteroatoms. The van der Waals surface area contributed by atoms with E-state index in [-0.39, 0.29) is 17.4 Å². The van der Waals surface area contributed by atoms with Gasteiger partial charge in [0.2, 0.25) is 5.91 Å². The number of carbonyl (C=O) groups excluding carboxylic acids is 2. The number of benzene rings is 1. The third kappa shape index (κ3) is 5.47. The Morgan fingerprint density at radius 2 is 1.89 bits per heavy atom. The van der Waals surface area contributed by atoms with Crippen LogP contribution in [-0.2, 0) is 15.5 Å². The molecule has 2 fully saturated rings. The van der Waals surface area contributed by atoms with E-state index in [9.17, 15) is 23.3 Å². The van der Waals surface area contributed by atoms with Crippen molar-refractivity contribution in [2.45, 2.75) is 56.0 Å². The number of fused-ring (bicyclic) bond motifs is 1. The van der Waals surface area contributed by atoms with Crippen molar-refractivity contribution in [1.29, 1.82) is 5.26 Å². The van der Waals surface area contributed by atoms with Crippen LogP contribution in [0, 0.1) is 11.3 Å². The maximum Gasteiger partial charge on any atom is 0.287 e. The van der Waals surface area contributed by atoms with Gasteiger partial charge in [0.1, 0.15) is 27.4 Å². The van der Waals surface area contributed by atoms with Crippen LogP contribution < -0.4 is 16.0 Å². The van der Waals surface area contributed by atoms with Gasteiger partial charge >= 0.3 is 0 Å². The minimum atomic E-state index is -2.44. The minimum Gasteiger partial charge on any atom is -0.451 e. The Balaban J connectivity index is 1.32. The Morgan fingerprint density at radius 1 is 1.11 bits per heavy atom. The zero-order chi connectivity index (χ0) is 26.0. The lowest BCUT2D eigenvalue weighted by Gasteiger charge is -2.37. The van der Waals surface area contributed by atoms with E-state index in [1.807, 2.05) is 17.5 Å². The first-order valence-corrected chi connectivity index (χ1v) is 14.5. The van der Waals surface area contributed by atoms with Crippen molar-refractivity contribution in [1.82, 2.24) is 15.6 Å². The molecular weight excluding hydrogens is 514 g/mol. The van der Waals surface area contributed by atoms with Gasteiger partial charge in [-0.3, -0.25) is 9.59 Å². The zero-order valence-electron chi connectivity index (χ0n) is 20.0. The van der Waals surface area contributed by atoms with Crippen molar-refractivity contribution in [3.8, 4) is 17.3 Å². The highest BCUT2D eigenvalue weighted by Gasteiger charge is 2.50. The molecule has 2 saturated carbocycles. The number of anilines is 1. The standard InChI is InChI=1S/C25H27N5O5S2/c26-15-24(8-9-24)30-22(32)25(6-2-1-3-7-25)29-21(31)20-13-17-5-4-16(12-19(17)35-20)18-14-36-23(28-18)27-10-11-37(33)34/h4-5,12-14,37H,1-3,6-11H2,(H,27,28)(H,29,31)(H,30,32). The van der Waals surface area contributed by atoms with E-state index >= 15 is 0 Å². The molecule has 0 atom stereocenters. The number of nitriles is 1. The number of thiol groups is 1. The average Bonchev–Trinajstić information content (AvgIpc) is 3.29. The molecule has 2 heterocycles. The topological polar surface area (TPSA) is 154 Å². The van der Waals surface area contributed by atoms with Crippen LogP contribution in [0.2, 0.25) is 0 Å². The number of hydrogen-bond acceptors (Lipinski definition) is 9. The molecule has 0 spiro atoms. The van der Waals surface area contributed by atoms with Gasteiger partial charge in [0, 0.05) is 22.9 Å². The zero-order valence-corrected chi connectivity index (χ0v) is 21.8. The molecule has 10 nitrogen and oxygen atoms in total. The van der Waals surface area contributed by atoms with Gasteiger partial charge in [0.15, 0.2) is 10.9 Å². The Kier molecular flexibility index (Phi) is 6.92. The molecule has 1 aromatic carbocycles. The van der Waals surface area contributed by atoms with E-state index in [2.05, 4.69) is 27.0 Å². The summed E-state index contributed by atoms with van der Waals surface area (Å²) in [6, 6.07) is 9.35. The van der Waals surface area contributed by atoms with Crippen molar-refractivity contribution in [3.63, 3.8) is 0 Å². The molecule has 0 saturated heterocycles. The Labute approximate surface area is 219 Å². The van der Waals surface area contributed by atoms with E-state index in [4.69, 9.17) is 4.42 Å². The predicted molar refractivity (Wildman–Crippen MR) is 140 cm³/mol. The molecule has 2 aromatic heterocycles. The van der Waals surface area contributed by atoms with Gasteiger partial charge in [-0.05, 0) is 37.8 Å². The molecule has 3 N–H and O–H groups in total. The summed E-state index contributed by atoms with van der Waals surface area (Å²) in [7, 11) is -2.44. The summed E-state index contributed by atoms with van der Waals surface area (Å²) in [5.41, 5.74) is 0.143. The van der Waals surface area contributed by atoms with E-state index in [0.717, 1.165) is 30.2 Å². The van der Waals surface area contributed by atoms with Gasteiger partial charge in [0.05, 0.1) is 17.5 Å². The van der Waals surface area contributed by atoms with Crippen LogP contribution in [0.1, 0.15) is 55.5 Å². The summed E-state index contributed by atoms with van der Waals surface area (Å²) in [4.78, 5) is 31.0. The molecule has 0 unspecified atom stereocenters. The van der Waals surface area contributed by atoms with Crippen LogP contribution in [0.15, 0.2) is 34.1 Å². The highest BCUT2D eigenvalue weighted by atomic mass is 32.2. The minimum absolute atomic E-state index is 0.0373. The highest BCUT2D eigenvalue weighted by molar-refractivity contribution is 7.72. The fraction of sp³-hybridized carbons (Fsp3) is 0.440. The van der Waals surface area contributed by atoms with E-state index in [1.165, 1.54) is 11.3 Å². The van der Waals surface area contributed by atoms with Crippen LogP contribution in [0.3, 0.4) is 0 Å². The van der Waals surface area contributed by atoms with Gasteiger partial charge in [-0.25, -0.2) is 13.4 Å². The first kappa shape index (κ1) is 25.2. The van der Waals surface area contributed by atoms with Gasteiger partial charge in [0.25, 0.3) is 5.91 Å². The van der Waals surface area contributed by atoms with Crippen molar-refractivity contribution < 1.29 is 22.4 Å². The lowest BCUT2D eigenvalue weighted by Crippen LogP contribution is -2.61. The van der Waals surface area contributed by atoms with E-state index < -0.39 is 27.7 Å². The van der Waals surface area contributed by atoms with Crippen LogP contribution in [0.25, 0.3) is 22.2 Å². The third-order valence-corrected chi connectivity index (χ3v) is 8.31. The summed E-state index contributed by atoms with van der Waals surface area (Å²) in [5, 5.41) is 21.4. The molecule has 194 valence electrons. The normalized spacial score (nSPS) is 17.7. The summed E-state index contributed by atoms with van der Waals surface area (Å²) in [6.45, 7) is 0.290. The quantitative estimate of drug-likeness (QED) is 0.301. The maximum absolute atomic E-state index is 13.2. The molecule has 2 aliphatic rings. The Morgan fingerprint density at radius 3 is 2.59 bits per heavy atom.